The largest absolute Gasteiger partial charge is 0.328 e. The molecule has 1 aromatic heterocycles. The number of aromatic amines is 1. The van der Waals surface area contributed by atoms with Gasteiger partial charge in [0, 0.05) is 18.8 Å². The molecule has 0 bridgehead atoms. The summed E-state index contributed by atoms with van der Waals surface area (Å²) < 4.78 is 39.5. The van der Waals surface area contributed by atoms with Crippen LogP contribution in [0.3, 0.4) is 0 Å². The lowest BCUT2D eigenvalue weighted by molar-refractivity contribution is 0.577. The molecular weight excluding hydrogens is 283 g/mol. The van der Waals surface area contributed by atoms with Gasteiger partial charge in [0.05, 0.1) is 4.90 Å². The molecule has 20 heavy (non-hydrogen) atoms. The zero-order valence-corrected chi connectivity index (χ0v) is 11.3. The highest BCUT2D eigenvalue weighted by atomic mass is 32.2. The van der Waals surface area contributed by atoms with Gasteiger partial charge < -0.3 is 4.98 Å². The van der Waals surface area contributed by atoms with E-state index in [2.05, 4.69) is 9.71 Å². The van der Waals surface area contributed by atoms with Crippen molar-refractivity contribution in [3.05, 3.63) is 64.3 Å². The zero-order chi connectivity index (χ0) is 14.6. The fourth-order valence-electron chi connectivity index (χ4n) is 1.67. The van der Waals surface area contributed by atoms with Crippen LogP contribution in [0.1, 0.15) is 5.56 Å². The Kier molecular flexibility index (Phi) is 4.31. The number of sulfonamides is 1. The highest BCUT2D eigenvalue weighted by molar-refractivity contribution is 7.89. The number of hydrogen-bond donors (Lipinski definition) is 2. The van der Waals surface area contributed by atoms with Gasteiger partial charge in [-0.3, -0.25) is 4.79 Å². The van der Waals surface area contributed by atoms with E-state index in [1.165, 1.54) is 12.1 Å². The average Bonchev–Trinajstić information content (AvgIpc) is 2.41. The van der Waals surface area contributed by atoms with Crippen molar-refractivity contribution in [1.29, 1.82) is 0 Å². The maximum Gasteiger partial charge on any atom is 0.247 e. The second-order valence-electron chi connectivity index (χ2n) is 4.13. The minimum Gasteiger partial charge on any atom is -0.328 e. The van der Waals surface area contributed by atoms with Crippen LogP contribution < -0.4 is 10.3 Å². The second kappa shape index (κ2) is 5.98. The zero-order valence-electron chi connectivity index (χ0n) is 10.5. The van der Waals surface area contributed by atoms with Gasteiger partial charge in [0.15, 0.2) is 0 Å². The molecule has 1 heterocycles. The van der Waals surface area contributed by atoms with E-state index in [1.807, 2.05) is 0 Å². The van der Waals surface area contributed by atoms with Crippen LogP contribution in [0.4, 0.5) is 4.39 Å². The molecule has 0 atom stereocenters. The van der Waals surface area contributed by atoms with Crippen molar-refractivity contribution < 1.29 is 12.8 Å². The molecule has 0 aliphatic rings. The summed E-state index contributed by atoms with van der Waals surface area (Å²) >= 11 is 0. The Hall–Kier alpha value is -1.99. The molecule has 1 aromatic carbocycles. The van der Waals surface area contributed by atoms with E-state index in [4.69, 9.17) is 0 Å². The highest BCUT2D eigenvalue weighted by Crippen LogP contribution is 2.08. The summed E-state index contributed by atoms with van der Waals surface area (Å²) in [5.41, 5.74) is 0.0620. The van der Waals surface area contributed by atoms with E-state index in [9.17, 15) is 17.6 Å². The van der Waals surface area contributed by atoms with Crippen LogP contribution in [0.25, 0.3) is 0 Å². The highest BCUT2D eigenvalue weighted by Gasteiger charge is 2.13. The Morgan fingerprint density at radius 1 is 1.15 bits per heavy atom. The van der Waals surface area contributed by atoms with Crippen molar-refractivity contribution in [2.45, 2.75) is 11.3 Å². The Morgan fingerprint density at radius 3 is 2.55 bits per heavy atom. The summed E-state index contributed by atoms with van der Waals surface area (Å²) in [6.07, 6.45) is 1.36. The third kappa shape index (κ3) is 3.52. The third-order valence-corrected chi connectivity index (χ3v) is 4.17. The predicted octanol–water partition coefficient (Wildman–Crippen LogP) is 1.03. The predicted molar refractivity (Wildman–Crippen MR) is 72.4 cm³/mol. The van der Waals surface area contributed by atoms with Crippen molar-refractivity contribution in [2.24, 2.45) is 0 Å². The van der Waals surface area contributed by atoms with E-state index >= 15 is 0 Å². The molecule has 0 aliphatic heterocycles. The SMILES string of the molecule is O=c1ccc(S(=O)(=O)NCCc2ccccc2F)c[nH]1. The molecule has 0 amide bonds. The molecule has 0 radical (unpaired) electrons. The smallest absolute Gasteiger partial charge is 0.247 e. The number of H-pyrrole nitrogens is 1. The van der Waals surface area contributed by atoms with Gasteiger partial charge in [-0.2, -0.15) is 0 Å². The van der Waals surface area contributed by atoms with E-state index in [0.717, 1.165) is 12.3 Å². The summed E-state index contributed by atoms with van der Waals surface area (Å²) in [4.78, 5) is 13.1. The Balaban J connectivity index is 2.01. The molecule has 7 heteroatoms. The topological polar surface area (TPSA) is 79.0 Å². The van der Waals surface area contributed by atoms with Crippen molar-refractivity contribution in [3.8, 4) is 0 Å². The van der Waals surface area contributed by atoms with Gasteiger partial charge >= 0.3 is 0 Å². The summed E-state index contributed by atoms with van der Waals surface area (Å²) in [6.45, 7) is 0.0718. The van der Waals surface area contributed by atoms with Gasteiger partial charge in [0.1, 0.15) is 5.82 Å². The van der Waals surface area contributed by atoms with Crippen LogP contribution in [-0.2, 0) is 16.4 Å². The maximum atomic E-state index is 13.4. The number of nitrogens with one attached hydrogen (secondary N) is 2. The third-order valence-electron chi connectivity index (χ3n) is 2.71. The summed E-state index contributed by atoms with van der Waals surface area (Å²) in [6, 6.07) is 8.53. The number of halogens is 1. The fraction of sp³-hybridized carbons (Fsp3) is 0.154. The van der Waals surface area contributed by atoms with Gasteiger partial charge in [-0.05, 0) is 24.1 Å². The Morgan fingerprint density at radius 2 is 1.90 bits per heavy atom. The average molecular weight is 296 g/mol. The van der Waals surface area contributed by atoms with E-state index in [-0.39, 0.29) is 29.2 Å². The Labute approximate surface area is 115 Å². The van der Waals surface area contributed by atoms with Gasteiger partial charge in [-0.15, -0.1) is 0 Å². The molecule has 0 saturated heterocycles. The number of benzene rings is 1. The lowest BCUT2D eigenvalue weighted by Gasteiger charge is -2.07. The van der Waals surface area contributed by atoms with Crippen LogP contribution >= 0.6 is 0 Å². The van der Waals surface area contributed by atoms with Gasteiger partial charge in [-0.25, -0.2) is 17.5 Å². The lowest BCUT2D eigenvalue weighted by Crippen LogP contribution is -2.26. The van der Waals surface area contributed by atoms with Gasteiger partial charge in [-0.1, -0.05) is 18.2 Å². The first kappa shape index (κ1) is 14.4. The molecular formula is C13H13FN2O3S. The molecule has 5 nitrogen and oxygen atoms in total. The summed E-state index contributed by atoms with van der Waals surface area (Å²) in [7, 11) is -3.70. The van der Waals surface area contributed by atoms with Crippen LogP contribution in [0.15, 0.2) is 52.3 Å². The van der Waals surface area contributed by atoms with E-state index < -0.39 is 10.0 Å². The lowest BCUT2D eigenvalue weighted by atomic mass is 10.1. The quantitative estimate of drug-likeness (QED) is 0.865. The molecule has 0 aliphatic carbocycles. The van der Waals surface area contributed by atoms with Gasteiger partial charge in [0.2, 0.25) is 15.6 Å². The molecule has 2 rings (SSSR count). The first-order valence-corrected chi connectivity index (χ1v) is 7.39. The molecule has 0 fully saturated rings. The first-order valence-electron chi connectivity index (χ1n) is 5.91. The summed E-state index contributed by atoms with van der Waals surface area (Å²) in [5, 5.41) is 0. The van der Waals surface area contributed by atoms with Crippen LogP contribution in [-0.4, -0.2) is 19.9 Å². The number of pyridine rings is 1. The molecule has 2 N–H and O–H groups in total. The second-order valence-corrected chi connectivity index (χ2v) is 5.89. The van der Waals surface area contributed by atoms with E-state index in [1.54, 1.807) is 18.2 Å². The first-order chi connectivity index (χ1) is 9.49. The molecule has 2 aromatic rings. The fourth-order valence-corrected chi connectivity index (χ4v) is 2.67. The minimum atomic E-state index is -3.70. The number of rotatable bonds is 5. The molecule has 106 valence electrons. The van der Waals surface area contributed by atoms with Crippen LogP contribution in [0, 0.1) is 5.82 Å². The number of hydrogen-bond acceptors (Lipinski definition) is 3. The van der Waals surface area contributed by atoms with Crippen molar-refractivity contribution >= 4 is 10.0 Å². The molecule has 0 saturated carbocycles. The standard InChI is InChI=1S/C13H13FN2O3S/c14-12-4-2-1-3-10(12)7-8-16-20(18,19)11-5-6-13(17)15-9-11/h1-6,9,16H,7-8H2,(H,15,17). The number of aromatic nitrogens is 1. The van der Waals surface area contributed by atoms with Crippen molar-refractivity contribution in [3.63, 3.8) is 0 Å². The summed E-state index contributed by atoms with van der Waals surface area (Å²) in [5.74, 6) is -0.365. The minimum absolute atomic E-state index is 0.0365. The monoisotopic (exact) mass is 296 g/mol. The van der Waals surface area contributed by atoms with Crippen molar-refractivity contribution in [2.75, 3.05) is 6.54 Å². The van der Waals surface area contributed by atoms with Gasteiger partial charge in [0.25, 0.3) is 0 Å². The molecule has 0 unspecified atom stereocenters. The normalized spacial score (nSPS) is 11.4. The van der Waals surface area contributed by atoms with Crippen molar-refractivity contribution in [1.82, 2.24) is 9.71 Å². The molecule has 0 spiro atoms. The van der Waals surface area contributed by atoms with E-state index in [0.29, 0.717) is 5.56 Å². The maximum absolute atomic E-state index is 13.4. The van der Waals surface area contributed by atoms with Crippen LogP contribution in [0.2, 0.25) is 0 Å². The van der Waals surface area contributed by atoms with Crippen LogP contribution in [0.5, 0.6) is 0 Å². The Bertz CT molecular complexity index is 736.